The number of carbonyl (C=O) groups excluding carboxylic acids is 1. The molecule has 1 unspecified atom stereocenters. The molecule has 1 aliphatic carbocycles. The van der Waals surface area contributed by atoms with Crippen LogP contribution < -0.4 is 0 Å². The van der Waals surface area contributed by atoms with E-state index in [1.165, 1.54) is 0 Å². The molecule has 0 bridgehead atoms. The van der Waals surface area contributed by atoms with Crippen LogP contribution in [0.15, 0.2) is 30.0 Å². The SMILES string of the molecule is Cn1cccc1C1COCCN1C(=O)C1=CCCC1. The summed E-state index contributed by atoms with van der Waals surface area (Å²) in [6, 6.07) is 4.13. The summed E-state index contributed by atoms with van der Waals surface area (Å²) in [5.74, 6) is 0.201. The molecule has 0 saturated carbocycles. The summed E-state index contributed by atoms with van der Waals surface area (Å²) in [5.41, 5.74) is 2.13. The molecule has 1 aromatic heterocycles. The van der Waals surface area contributed by atoms with E-state index in [1.54, 1.807) is 0 Å². The largest absolute Gasteiger partial charge is 0.377 e. The van der Waals surface area contributed by atoms with Crippen LogP contribution in [0.2, 0.25) is 0 Å². The molecule has 0 spiro atoms. The van der Waals surface area contributed by atoms with Crippen LogP contribution >= 0.6 is 0 Å². The fourth-order valence-electron chi connectivity index (χ4n) is 2.96. The van der Waals surface area contributed by atoms with Crippen LogP contribution in [0.1, 0.15) is 31.0 Å². The molecule has 1 fully saturated rings. The van der Waals surface area contributed by atoms with Crippen LogP contribution in [0.5, 0.6) is 0 Å². The number of hydrogen-bond acceptors (Lipinski definition) is 2. The molecule has 2 aliphatic rings. The molecule has 2 heterocycles. The highest BCUT2D eigenvalue weighted by molar-refractivity contribution is 5.94. The zero-order valence-corrected chi connectivity index (χ0v) is 11.3. The van der Waals surface area contributed by atoms with E-state index in [9.17, 15) is 4.79 Å². The van der Waals surface area contributed by atoms with Crippen molar-refractivity contribution < 1.29 is 9.53 Å². The topological polar surface area (TPSA) is 34.5 Å². The van der Waals surface area contributed by atoms with Gasteiger partial charge in [0, 0.05) is 31.1 Å². The van der Waals surface area contributed by atoms with Crippen molar-refractivity contribution in [1.82, 2.24) is 9.47 Å². The molecule has 102 valence electrons. The first-order valence-corrected chi connectivity index (χ1v) is 6.96. The van der Waals surface area contributed by atoms with Gasteiger partial charge in [0.05, 0.1) is 19.3 Å². The molecule has 1 saturated heterocycles. The Morgan fingerprint density at radius 1 is 1.47 bits per heavy atom. The maximum Gasteiger partial charge on any atom is 0.250 e. The maximum atomic E-state index is 12.6. The second kappa shape index (κ2) is 5.21. The van der Waals surface area contributed by atoms with Gasteiger partial charge in [-0.2, -0.15) is 0 Å². The molecule has 19 heavy (non-hydrogen) atoms. The molecule has 1 aliphatic heterocycles. The lowest BCUT2D eigenvalue weighted by molar-refractivity contribution is -0.136. The van der Waals surface area contributed by atoms with Crippen molar-refractivity contribution in [2.45, 2.75) is 25.3 Å². The smallest absolute Gasteiger partial charge is 0.250 e. The van der Waals surface area contributed by atoms with Gasteiger partial charge in [-0.3, -0.25) is 4.79 Å². The summed E-state index contributed by atoms with van der Waals surface area (Å²) in [7, 11) is 2.02. The Morgan fingerprint density at radius 2 is 2.37 bits per heavy atom. The second-order valence-corrected chi connectivity index (χ2v) is 5.25. The van der Waals surface area contributed by atoms with E-state index in [2.05, 4.69) is 16.7 Å². The van der Waals surface area contributed by atoms with E-state index in [0.29, 0.717) is 19.8 Å². The monoisotopic (exact) mass is 260 g/mol. The number of morpholine rings is 1. The minimum Gasteiger partial charge on any atom is -0.377 e. The Bertz CT molecular complexity index is 504. The minimum absolute atomic E-state index is 0.0442. The number of rotatable bonds is 2. The first-order chi connectivity index (χ1) is 9.27. The summed E-state index contributed by atoms with van der Waals surface area (Å²) in [5, 5.41) is 0. The van der Waals surface area contributed by atoms with Gasteiger partial charge in [0.25, 0.3) is 0 Å². The van der Waals surface area contributed by atoms with E-state index in [4.69, 9.17) is 4.74 Å². The molecular weight excluding hydrogens is 240 g/mol. The van der Waals surface area contributed by atoms with Crippen molar-refractivity contribution >= 4 is 5.91 Å². The van der Waals surface area contributed by atoms with Gasteiger partial charge in [-0.05, 0) is 31.4 Å². The zero-order valence-electron chi connectivity index (χ0n) is 11.3. The average Bonchev–Trinajstić information content (AvgIpc) is 3.09. The van der Waals surface area contributed by atoms with Gasteiger partial charge in [0.1, 0.15) is 0 Å². The lowest BCUT2D eigenvalue weighted by atomic mass is 10.1. The number of allylic oxidation sites excluding steroid dienone is 1. The highest BCUT2D eigenvalue weighted by Crippen LogP contribution is 2.28. The molecule has 4 nitrogen and oxygen atoms in total. The predicted octanol–water partition coefficient (Wildman–Crippen LogP) is 2.04. The fraction of sp³-hybridized carbons (Fsp3) is 0.533. The van der Waals surface area contributed by atoms with Crippen LogP contribution in [-0.4, -0.2) is 35.1 Å². The third-order valence-electron chi connectivity index (χ3n) is 4.03. The molecule has 1 amide bonds. The van der Waals surface area contributed by atoms with Crippen molar-refractivity contribution in [3.63, 3.8) is 0 Å². The molecule has 3 rings (SSSR count). The molecular formula is C15H20N2O2. The van der Waals surface area contributed by atoms with E-state index in [1.807, 2.05) is 24.2 Å². The summed E-state index contributed by atoms with van der Waals surface area (Å²) >= 11 is 0. The third kappa shape index (κ3) is 2.32. The van der Waals surface area contributed by atoms with Crippen molar-refractivity contribution in [2.24, 2.45) is 7.05 Å². The highest BCUT2D eigenvalue weighted by Gasteiger charge is 2.31. The minimum atomic E-state index is 0.0442. The average molecular weight is 260 g/mol. The Labute approximate surface area is 113 Å². The van der Waals surface area contributed by atoms with Crippen LogP contribution in [0.4, 0.5) is 0 Å². The Hall–Kier alpha value is -1.55. The van der Waals surface area contributed by atoms with Crippen LogP contribution in [0.3, 0.4) is 0 Å². The number of nitrogens with zero attached hydrogens (tertiary/aromatic N) is 2. The van der Waals surface area contributed by atoms with Crippen LogP contribution in [-0.2, 0) is 16.6 Å². The lowest BCUT2D eigenvalue weighted by Gasteiger charge is -2.36. The summed E-state index contributed by atoms with van der Waals surface area (Å²) in [6.07, 6.45) is 7.19. The van der Waals surface area contributed by atoms with Crippen molar-refractivity contribution in [3.8, 4) is 0 Å². The molecule has 4 heteroatoms. The first kappa shape index (κ1) is 12.5. The van der Waals surface area contributed by atoms with E-state index < -0.39 is 0 Å². The van der Waals surface area contributed by atoms with Crippen LogP contribution in [0.25, 0.3) is 0 Å². The van der Waals surface area contributed by atoms with Gasteiger partial charge in [-0.25, -0.2) is 0 Å². The zero-order chi connectivity index (χ0) is 13.2. The van der Waals surface area contributed by atoms with Gasteiger partial charge < -0.3 is 14.2 Å². The Balaban J connectivity index is 1.85. The Morgan fingerprint density at radius 3 is 3.05 bits per heavy atom. The van der Waals surface area contributed by atoms with E-state index in [-0.39, 0.29) is 11.9 Å². The Kier molecular flexibility index (Phi) is 3.42. The van der Waals surface area contributed by atoms with E-state index in [0.717, 1.165) is 30.5 Å². The number of carbonyl (C=O) groups is 1. The van der Waals surface area contributed by atoms with Gasteiger partial charge in [0.2, 0.25) is 5.91 Å². The third-order valence-corrected chi connectivity index (χ3v) is 4.03. The van der Waals surface area contributed by atoms with Gasteiger partial charge in [-0.15, -0.1) is 0 Å². The maximum absolute atomic E-state index is 12.6. The number of aromatic nitrogens is 1. The molecule has 0 aromatic carbocycles. The quantitative estimate of drug-likeness (QED) is 0.815. The summed E-state index contributed by atoms with van der Waals surface area (Å²) < 4.78 is 7.65. The summed E-state index contributed by atoms with van der Waals surface area (Å²) in [6.45, 7) is 1.92. The molecule has 0 N–H and O–H groups in total. The highest BCUT2D eigenvalue weighted by atomic mass is 16.5. The van der Waals surface area contributed by atoms with Gasteiger partial charge in [-0.1, -0.05) is 6.08 Å². The summed E-state index contributed by atoms with van der Waals surface area (Å²) in [4.78, 5) is 14.6. The predicted molar refractivity (Wildman–Crippen MR) is 72.6 cm³/mol. The number of hydrogen-bond donors (Lipinski definition) is 0. The molecule has 1 atom stereocenters. The van der Waals surface area contributed by atoms with E-state index >= 15 is 0 Å². The second-order valence-electron chi connectivity index (χ2n) is 5.25. The molecule has 0 radical (unpaired) electrons. The fourth-order valence-corrected chi connectivity index (χ4v) is 2.96. The first-order valence-electron chi connectivity index (χ1n) is 6.96. The number of aryl methyl sites for hydroxylation is 1. The van der Waals surface area contributed by atoms with Gasteiger partial charge in [0.15, 0.2) is 0 Å². The molecule has 1 aromatic rings. The van der Waals surface area contributed by atoms with Crippen molar-refractivity contribution in [1.29, 1.82) is 0 Å². The van der Waals surface area contributed by atoms with Gasteiger partial charge >= 0.3 is 0 Å². The lowest BCUT2D eigenvalue weighted by Crippen LogP contribution is -2.44. The normalized spacial score (nSPS) is 23.5. The van der Waals surface area contributed by atoms with Crippen molar-refractivity contribution in [2.75, 3.05) is 19.8 Å². The number of ether oxygens (including phenoxy) is 1. The number of amides is 1. The van der Waals surface area contributed by atoms with Crippen LogP contribution in [0, 0.1) is 0 Å². The van der Waals surface area contributed by atoms with Crippen molar-refractivity contribution in [3.05, 3.63) is 35.7 Å². The standard InChI is InChI=1S/C15H20N2O2/c1-16-8-4-7-13(16)14-11-19-10-9-17(14)15(18)12-5-2-3-6-12/h4-5,7-8,14H,2-3,6,9-11H2,1H3.